The minimum absolute atomic E-state index is 0.0904. The fourth-order valence-corrected chi connectivity index (χ4v) is 3.10. The van der Waals surface area contributed by atoms with Gasteiger partial charge in [-0.25, -0.2) is 4.79 Å². The van der Waals surface area contributed by atoms with Crippen molar-refractivity contribution in [3.63, 3.8) is 0 Å². The Morgan fingerprint density at radius 2 is 1.71 bits per heavy atom. The Balaban J connectivity index is 1.96. The molecule has 0 atom stereocenters. The molecule has 0 saturated heterocycles. The Hall–Kier alpha value is -3.12. The minimum atomic E-state index is -0.508. The zero-order chi connectivity index (χ0) is 19.9. The van der Waals surface area contributed by atoms with Crippen molar-refractivity contribution >= 4 is 22.9 Å². The number of methoxy groups -OCH3 is 1. The number of carbonyl (C=O) groups excluding carboxylic acids is 2. The summed E-state index contributed by atoms with van der Waals surface area (Å²) in [6.07, 6.45) is 0. The van der Waals surface area contributed by atoms with Crippen molar-refractivity contribution in [2.45, 2.75) is 20.0 Å². The Morgan fingerprint density at radius 1 is 1.00 bits per heavy atom. The van der Waals surface area contributed by atoms with E-state index < -0.39 is 5.97 Å². The van der Waals surface area contributed by atoms with Gasteiger partial charge in [-0.2, -0.15) is 0 Å². The minimum Gasteiger partial charge on any atom is -0.468 e. The van der Waals surface area contributed by atoms with E-state index in [1.54, 1.807) is 6.92 Å². The van der Waals surface area contributed by atoms with Crippen LogP contribution in [0.2, 0.25) is 0 Å². The van der Waals surface area contributed by atoms with E-state index in [9.17, 15) is 9.59 Å². The van der Waals surface area contributed by atoms with Gasteiger partial charge in [-0.3, -0.25) is 9.69 Å². The van der Waals surface area contributed by atoms with Gasteiger partial charge in [0.1, 0.15) is 5.58 Å². The predicted octanol–water partition coefficient (Wildman–Crippen LogP) is 3.78. The Bertz CT molecular complexity index is 948. The monoisotopic (exact) mass is 381 g/mol. The molecule has 0 amide bonds. The quantitative estimate of drug-likeness (QED) is 0.553. The first kappa shape index (κ1) is 19.6. The first-order valence-corrected chi connectivity index (χ1v) is 9.13. The molecular formula is C22H23NO5. The van der Waals surface area contributed by atoms with E-state index in [0.717, 1.165) is 10.9 Å². The van der Waals surface area contributed by atoms with Crippen molar-refractivity contribution in [1.82, 2.24) is 4.90 Å². The van der Waals surface area contributed by atoms with Crippen molar-refractivity contribution in [3.8, 4) is 0 Å². The van der Waals surface area contributed by atoms with E-state index in [2.05, 4.69) is 0 Å². The van der Waals surface area contributed by atoms with Crippen LogP contribution in [0.5, 0.6) is 0 Å². The molecule has 2 aromatic carbocycles. The Labute approximate surface area is 163 Å². The van der Waals surface area contributed by atoms with Crippen molar-refractivity contribution in [3.05, 3.63) is 71.5 Å². The van der Waals surface area contributed by atoms with Gasteiger partial charge in [-0.1, -0.05) is 48.5 Å². The SMILES string of the molecule is CCOC(=O)c1oc2ccccc2c1CN(CC(=O)OC)Cc1ccccc1. The van der Waals surface area contributed by atoms with E-state index in [1.807, 2.05) is 59.5 Å². The summed E-state index contributed by atoms with van der Waals surface area (Å²) in [4.78, 5) is 26.3. The maximum Gasteiger partial charge on any atom is 0.374 e. The number of para-hydroxylation sites is 1. The molecule has 0 bridgehead atoms. The summed E-state index contributed by atoms with van der Waals surface area (Å²) < 4.78 is 15.8. The second kappa shape index (κ2) is 9.19. The van der Waals surface area contributed by atoms with Crippen LogP contribution in [0.25, 0.3) is 11.0 Å². The average molecular weight is 381 g/mol. The number of hydrogen-bond acceptors (Lipinski definition) is 6. The highest BCUT2D eigenvalue weighted by atomic mass is 16.5. The number of rotatable bonds is 8. The number of benzene rings is 2. The molecule has 0 aliphatic rings. The fraction of sp³-hybridized carbons (Fsp3) is 0.273. The maximum atomic E-state index is 12.4. The van der Waals surface area contributed by atoms with Crippen LogP contribution >= 0.6 is 0 Å². The number of ether oxygens (including phenoxy) is 2. The molecule has 0 unspecified atom stereocenters. The van der Waals surface area contributed by atoms with Gasteiger partial charge in [-0.15, -0.1) is 0 Å². The van der Waals surface area contributed by atoms with Crippen LogP contribution in [0.15, 0.2) is 59.0 Å². The highest BCUT2D eigenvalue weighted by molar-refractivity contribution is 5.96. The molecule has 146 valence electrons. The van der Waals surface area contributed by atoms with Crippen LogP contribution < -0.4 is 0 Å². The molecule has 6 heteroatoms. The van der Waals surface area contributed by atoms with Gasteiger partial charge in [-0.05, 0) is 18.6 Å². The lowest BCUT2D eigenvalue weighted by Crippen LogP contribution is -2.30. The van der Waals surface area contributed by atoms with Crippen LogP contribution in [0.1, 0.15) is 28.6 Å². The smallest absolute Gasteiger partial charge is 0.374 e. The first-order chi connectivity index (χ1) is 13.6. The van der Waals surface area contributed by atoms with Crippen LogP contribution in [0, 0.1) is 0 Å². The number of hydrogen-bond donors (Lipinski definition) is 0. The standard InChI is InChI=1S/C22H23NO5/c1-3-27-22(25)21-18(17-11-7-8-12-19(17)28-21)14-23(15-20(24)26-2)13-16-9-5-4-6-10-16/h4-12H,3,13-15H2,1-2H3. The van der Waals surface area contributed by atoms with E-state index in [4.69, 9.17) is 13.9 Å². The van der Waals surface area contributed by atoms with Crippen molar-refractivity contribution in [1.29, 1.82) is 0 Å². The zero-order valence-corrected chi connectivity index (χ0v) is 16.0. The van der Waals surface area contributed by atoms with Gasteiger partial charge in [0.05, 0.1) is 20.3 Å². The number of furan rings is 1. The molecule has 0 N–H and O–H groups in total. The van der Waals surface area contributed by atoms with E-state index >= 15 is 0 Å². The molecule has 0 fully saturated rings. The third-order valence-corrected chi connectivity index (χ3v) is 4.37. The normalized spacial score (nSPS) is 11.0. The molecule has 3 aromatic rings. The number of carbonyl (C=O) groups is 2. The highest BCUT2D eigenvalue weighted by Crippen LogP contribution is 2.28. The first-order valence-electron chi connectivity index (χ1n) is 9.13. The third kappa shape index (κ3) is 4.58. The summed E-state index contributed by atoms with van der Waals surface area (Å²) >= 11 is 0. The molecule has 0 radical (unpaired) electrons. The van der Waals surface area contributed by atoms with Crippen LogP contribution in [-0.2, 0) is 27.4 Å². The zero-order valence-electron chi connectivity index (χ0n) is 16.0. The summed E-state index contributed by atoms with van der Waals surface area (Å²) in [5.41, 5.74) is 2.36. The lowest BCUT2D eigenvalue weighted by Gasteiger charge is -2.21. The van der Waals surface area contributed by atoms with Gasteiger partial charge >= 0.3 is 11.9 Å². The molecule has 6 nitrogen and oxygen atoms in total. The molecule has 3 rings (SSSR count). The fourth-order valence-electron chi connectivity index (χ4n) is 3.10. The van der Waals surface area contributed by atoms with Gasteiger partial charge < -0.3 is 13.9 Å². The Morgan fingerprint density at radius 3 is 2.43 bits per heavy atom. The second-order valence-electron chi connectivity index (χ2n) is 6.33. The molecule has 0 aliphatic carbocycles. The number of esters is 2. The summed E-state index contributed by atoms with van der Waals surface area (Å²) in [7, 11) is 1.36. The molecule has 0 aliphatic heterocycles. The number of fused-ring (bicyclic) bond motifs is 1. The molecule has 1 heterocycles. The van der Waals surface area contributed by atoms with E-state index in [-0.39, 0.29) is 24.9 Å². The van der Waals surface area contributed by atoms with Gasteiger partial charge in [0.25, 0.3) is 0 Å². The van der Waals surface area contributed by atoms with Gasteiger partial charge in [0, 0.05) is 24.0 Å². The molecule has 1 aromatic heterocycles. The van der Waals surface area contributed by atoms with E-state index in [1.165, 1.54) is 7.11 Å². The van der Waals surface area contributed by atoms with Gasteiger partial charge in [0.2, 0.25) is 5.76 Å². The lowest BCUT2D eigenvalue weighted by atomic mass is 10.1. The molecule has 0 spiro atoms. The van der Waals surface area contributed by atoms with Crippen molar-refractivity contribution < 1.29 is 23.5 Å². The van der Waals surface area contributed by atoms with E-state index in [0.29, 0.717) is 24.2 Å². The summed E-state index contributed by atoms with van der Waals surface area (Å²) in [5, 5.41) is 0.827. The van der Waals surface area contributed by atoms with Crippen LogP contribution in [0.3, 0.4) is 0 Å². The molecule has 0 saturated carbocycles. The molecular weight excluding hydrogens is 358 g/mol. The second-order valence-corrected chi connectivity index (χ2v) is 6.33. The summed E-state index contributed by atoms with van der Waals surface area (Å²) in [6, 6.07) is 17.3. The van der Waals surface area contributed by atoms with Crippen LogP contribution in [-0.4, -0.2) is 37.1 Å². The lowest BCUT2D eigenvalue weighted by molar-refractivity contribution is -0.142. The van der Waals surface area contributed by atoms with Crippen LogP contribution in [0.4, 0.5) is 0 Å². The average Bonchev–Trinajstić information content (AvgIpc) is 3.07. The number of nitrogens with zero attached hydrogens (tertiary/aromatic N) is 1. The predicted molar refractivity (Wildman–Crippen MR) is 105 cm³/mol. The summed E-state index contributed by atoms with van der Waals surface area (Å²) in [5.74, 6) is -0.682. The third-order valence-electron chi connectivity index (χ3n) is 4.37. The maximum absolute atomic E-state index is 12.4. The van der Waals surface area contributed by atoms with Crippen molar-refractivity contribution in [2.24, 2.45) is 0 Å². The van der Waals surface area contributed by atoms with Crippen molar-refractivity contribution in [2.75, 3.05) is 20.3 Å². The topological polar surface area (TPSA) is 69.0 Å². The highest BCUT2D eigenvalue weighted by Gasteiger charge is 2.24. The summed E-state index contributed by atoms with van der Waals surface area (Å²) in [6.45, 7) is 2.96. The Kier molecular flexibility index (Phi) is 6.45. The van der Waals surface area contributed by atoms with Gasteiger partial charge in [0.15, 0.2) is 0 Å². The largest absolute Gasteiger partial charge is 0.468 e. The molecule has 28 heavy (non-hydrogen) atoms.